The number of rotatable bonds is 4. The van der Waals surface area contributed by atoms with Crippen molar-refractivity contribution in [2.45, 2.75) is 40.0 Å². The lowest BCUT2D eigenvalue weighted by molar-refractivity contribution is 0.0942. The monoisotopic (exact) mass is 291 g/mol. The Morgan fingerprint density at radius 2 is 1.81 bits per heavy atom. The molecule has 0 saturated heterocycles. The number of amidine groups is 1. The number of nitrogens with zero attached hydrogens (tertiary/aromatic N) is 1. The van der Waals surface area contributed by atoms with Crippen LogP contribution in [0.5, 0.6) is 0 Å². The molecule has 0 spiro atoms. The normalized spacial score (nSPS) is 13.1. The molecule has 1 rings (SSSR count). The number of amides is 1. The van der Waals surface area contributed by atoms with Gasteiger partial charge in [-0.15, -0.1) is 0 Å². The predicted molar refractivity (Wildman–Crippen MR) is 84.7 cm³/mol. The van der Waals surface area contributed by atoms with E-state index >= 15 is 0 Å². The van der Waals surface area contributed by atoms with E-state index in [0.29, 0.717) is 12.1 Å². The van der Waals surface area contributed by atoms with E-state index in [1.54, 1.807) is 13.8 Å². The molecule has 1 aromatic rings. The van der Waals surface area contributed by atoms with Gasteiger partial charge in [-0.3, -0.25) is 4.79 Å². The molecule has 0 radical (unpaired) electrons. The van der Waals surface area contributed by atoms with Crippen LogP contribution in [0, 0.1) is 5.41 Å². The van der Waals surface area contributed by atoms with Crippen LogP contribution in [-0.4, -0.2) is 23.5 Å². The molecule has 0 unspecified atom stereocenters. The fraction of sp³-hybridized carbons (Fsp3) is 0.500. The molecule has 0 aliphatic heterocycles. The fourth-order valence-corrected chi connectivity index (χ4v) is 1.96. The minimum Gasteiger partial charge on any atom is -0.409 e. The molecular weight excluding hydrogens is 266 g/mol. The summed E-state index contributed by atoms with van der Waals surface area (Å²) in [5.41, 5.74) is 6.54. The molecule has 0 heterocycles. The summed E-state index contributed by atoms with van der Waals surface area (Å²) in [4.78, 5) is 12.4. The van der Waals surface area contributed by atoms with Crippen molar-refractivity contribution in [1.29, 1.82) is 0 Å². The SMILES string of the molecule is CC(C)(CNC(=O)c1ccccc1C(C)(C)C)/C(N)=N/O. The van der Waals surface area contributed by atoms with Crippen molar-refractivity contribution in [3.63, 3.8) is 0 Å². The van der Waals surface area contributed by atoms with Crippen LogP contribution in [-0.2, 0) is 5.41 Å². The van der Waals surface area contributed by atoms with E-state index < -0.39 is 5.41 Å². The topological polar surface area (TPSA) is 87.7 Å². The maximum Gasteiger partial charge on any atom is 0.251 e. The van der Waals surface area contributed by atoms with Crippen LogP contribution in [0.15, 0.2) is 29.4 Å². The second kappa shape index (κ2) is 6.16. The van der Waals surface area contributed by atoms with Crippen molar-refractivity contribution >= 4 is 11.7 Å². The molecule has 0 atom stereocenters. The Bertz CT molecular complexity index is 543. The van der Waals surface area contributed by atoms with E-state index in [1.165, 1.54) is 0 Å². The van der Waals surface area contributed by atoms with Crippen molar-refractivity contribution in [1.82, 2.24) is 5.32 Å². The van der Waals surface area contributed by atoms with Crippen molar-refractivity contribution in [3.8, 4) is 0 Å². The molecule has 0 saturated carbocycles. The summed E-state index contributed by atoms with van der Waals surface area (Å²) < 4.78 is 0. The highest BCUT2D eigenvalue weighted by Gasteiger charge is 2.26. The molecule has 21 heavy (non-hydrogen) atoms. The van der Waals surface area contributed by atoms with E-state index in [2.05, 4.69) is 31.2 Å². The highest BCUT2D eigenvalue weighted by atomic mass is 16.4. The number of hydrogen-bond acceptors (Lipinski definition) is 3. The Labute approximate surface area is 126 Å². The first-order valence-corrected chi connectivity index (χ1v) is 6.95. The highest BCUT2D eigenvalue weighted by Crippen LogP contribution is 2.25. The Balaban J connectivity index is 2.92. The zero-order valence-electron chi connectivity index (χ0n) is 13.4. The molecular formula is C16H25N3O2. The van der Waals surface area contributed by atoms with Gasteiger partial charge in [-0.2, -0.15) is 0 Å². The quantitative estimate of drug-likeness (QED) is 0.345. The van der Waals surface area contributed by atoms with E-state index in [0.717, 1.165) is 5.56 Å². The van der Waals surface area contributed by atoms with Gasteiger partial charge in [0.1, 0.15) is 5.84 Å². The molecule has 1 amide bonds. The van der Waals surface area contributed by atoms with Crippen molar-refractivity contribution < 1.29 is 10.0 Å². The maximum absolute atomic E-state index is 12.4. The summed E-state index contributed by atoms with van der Waals surface area (Å²) in [5, 5.41) is 14.6. The Morgan fingerprint density at radius 1 is 1.24 bits per heavy atom. The second-order valence-corrected chi connectivity index (χ2v) is 6.85. The molecule has 0 aliphatic rings. The van der Waals surface area contributed by atoms with Crippen LogP contribution < -0.4 is 11.1 Å². The van der Waals surface area contributed by atoms with E-state index in [1.807, 2.05) is 24.3 Å². The van der Waals surface area contributed by atoms with Crippen LogP contribution in [0.1, 0.15) is 50.5 Å². The van der Waals surface area contributed by atoms with Crippen LogP contribution in [0.2, 0.25) is 0 Å². The summed E-state index contributed by atoms with van der Waals surface area (Å²) in [6.45, 7) is 10.1. The fourth-order valence-electron chi connectivity index (χ4n) is 1.96. The minimum absolute atomic E-state index is 0.0897. The number of hydrogen-bond donors (Lipinski definition) is 3. The molecule has 5 nitrogen and oxygen atoms in total. The second-order valence-electron chi connectivity index (χ2n) is 6.85. The molecule has 1 aromatic carbocycles. The van der Waals surface area contributed by atoms with E-state index in [9.17, 15) is 4.79 Å². The van der Waals surface area contributed by atoms with Gasteiger partial charge in [0.15, 0.2) is 0 Å². The van der Waals surface area contributed by atoms with Gasteiger partial charge in [-0.25, -0.2) is 0 Å². The standard InChI is InChI=1S/C16H25N3O2/c1-15(2,3)12-9-7-6-8-11(12)13(20)18-10-16(4,5)14(17)19-21/h6-9,21H,10H2,1-5H3,(H2,17,19)(H,18,20). The summed E-state index contributed by atoms with van der Waals surface area (Å²) >= 11 is 0. The highest BCUT2D eigenvalue weighted by molar-refractivity contribution is 5.96. The smallest absolute Gasteiger partial charge is 0.251 e. The maximum atomic E-state index is 12.4. The van der Waals surface area contributed by atoms with Gasteiger partial charge in [-0.1, -0.05) is 58.0 Å². The zero-order valence-corrected chi connectivity index (χ0v) is 13.4. The van der Waals surface area contributed by atoms with Crippen molar-refractivity contribution in [2.75, 3.05) is 6.54 Å². The lowest BCUT2D eigenvalue weighted by atomic mass is 9.83. The third kappa shape index (κ3) is 4.21. The van der Waals surface area contributed by atoms with E-state index in [4.69, 9.17) is 10.9 Å². The van der Waals surface area contributed by atoms with Gasteiger partial charge < -0.3 is 16.3 Å². The van der Waals surface area contributed by atoms with E-state index in [-0.39, 0.29) is 17.2 Å². The number of nitrogens with two attached hydrogens (primary N) is 1. The number of benzene rings is 1. The first kappa shape index (κ1) is 17.0. The Hall–Kier alpha value is -2.04. The number of carbonyl (C=O) groups excluding carboxylic acids is 1. The van der Waals surface area contributed by atoms with Gasteiger partial charge in [0.05, 0.1) is 0 Å². The van der Waals surface area contributed by atoms with Crippen molar-refractivity contribution in [3.05, 3.63) is 35.4 Å². The van der Waals surface area contributed by atoms with Gasteiger partial charge in [-0.05, 0) is 17.0 Å². The largest absolute Gasteiger partial charge is 0.409 e. The number of nitrogens with one attached hydrogen (secondary N) is 1. The molecule has 4 N–H and O–H groups in total. The molecule has 0 aromatic heterocycles. The first-order chi connectivity index (χ1) is 9.59. The summed E-state index contributed by atoms with van der Waals surface area (Å²) in [7, 11) is 0. The molecule has 0 fully saturated rings. The van der Waals surface area contributed by atoms with Gasteiger partial charge in [0, 0.05) is 17.5 Å². The molecule has 0 bridgehead atoms. The Kier molecular flexibility index (Phi) is 4.99. The lowest BCUT2D eigenvalue weighted by Crippen LogP contribution is -2.43. The van der Waals surface area contributed by atoms with Gasteiger partial charge in [0.25, 0.3) is 5.91 Å². The first-order valence-electron chi connectivity index (χ1n) is 6.95. The van der Waals surface area contributed by atoms with Crippen LogP contribution in [0.4, 0.5) is 0 Å². The number of carbonyl (C=O) groups is 1. The van der Waals surface area contributed by atoms with Gasteiger partial charge in [0.2, 0.25) is 0 Å². The van der Waals surface area contributed by atoms with Crippen LogP contribution in [0.3, 0.4) is 0 Å². The molecule has 5 heteroatoms. The molecule has 116 valence electrons. The summed E-state index contributed by atoms with van der Waals surface area (Å²) in [6.07, 6.45) is 0. The summed E-state index contributed by atoms with van der Waals surface area (Å²) in [6, 6.07) is 7.55. The zero-order chi connectivity index (χ0) is 16.3. The minimum atomic E-state index is -0.610. The van der Waals surface area contributed by atoms with Crippen LogP contribution in [0.25, 0.3) is 0 Å². The summed E-state index contributed by atoms with van der Waals surface area (Å²) in [5.74, 6) is -0.0637. The third-order valence-electron chi connectivity index (χ3n) is 3.47. The lowest BCUT2D eigenvalue weighted by Gasteiger charge is -2.25. The van der Waals surface area contributed by atoms with Crippen molar-refractivity contribution in [2.24, 2.45) is 16.3 Å². The average Bonchev–Trinajstić information content (AvgIpc) is 2.43. The van der Waals surface area contributed by atoms with Crippen LogP contribution >= 0.6 is 0 Å². The van der Waals surface area contributed by atoms with Gasteiger partial charge >= 0.3 is 0 Å². The number of oxime groups is 1. The average molecular weight is 291 g/mol. The Morgan fingerprint density at radius 3 is 2.33 bits per heavy atom. The third-order valence-corrected chi connectivity index (χ3v) is 3.47. The predicted octanol–water partition coefficient (Wildman–Crippen LogP) is 2.49. The molecule has 0 aliphatic carbocycles.